The first-order valence-electron chi connectivity index (χ1n) is 14.7. The molecule has 7 nitrogen and oxygen atoms in total. The van der Waals surface area contributed by atoms with Crippen LogP contribution >= 0.6 is 11.8 Å². The first-order valence-corrected chi connectivity index (χ1v) is 15.5. The number of amides is 3. The molecule has 2 N–H and O–H groups in total. The number of thioether (sulfide) groups is 1. The maximum Gasteiger partial charge on any atom is 0.272 e. The van der Waals surface area contributed by atoms with Crippen molar-refractivity contribution in [3.05, 3.63) is 156 Å². The molecule has 0 fully saturated rings. The second-order valence-corrected chi connectivity index (χ2v) is 11.7. The Kier molecular flexibility index (Phi) is 10.7. The van der Waals surface area contributed by atoms with Crippen LogP contribution in [0.3, 0.4) is 0 Å². The lowest BCUT2D eigenvalue weighted by Crippen LogP contribution is -2.32. The second kappa shape index (κ2) is 15.4. The van der Waals surface area contributed by atoms with Gasteiger partial charge >= 0.3 is 0 Å². The third kappa shape index (κ3) is 8.31. The van der Waals surface area contributed by atoms with E-state index in [2.05, 4.69) is 10.6 Å². The Hall–Kier alpha value is -5.60. The van der Waals surface area contributed by atoms with Crippen LogP contribution in [-0.2, 0) is 9.59 Å². The number of nitrogens with zero attached hydrogens (tertiary/aromatic N) is 1. The summed E-state index contributed by atoms with van der Waals surface area (Å²) in [6.07, 6.45) is 1.60. The Balaban J connectivity index is 1.35. The van der Waals surface area contributed by atoms with Gasteiger partial charge in [0.1, 0.15) is 11.4 Å². The summed E-state index contributed by atoms with van der Waals surface area (Å²) in [7, 11) is 1.56. The van der Waals surface area contributed by atoms with Crippen molar-refractivity contribution in [3.8, 4) is 5.75 Å². The van der Waals surface area contributed by atoms with E-state index in [0.29, 0.717) is 22.6 Å². The quantitative estimate of drug-likeness (QED) is 0.115. The highest BCUT2D eigenvalue weighted by molar-refractivity contribution is 8.00. The largest absolute Gasteiger partial charge is 0.497 e. The Bertz CT molecular complexity index is 1790. The van der Waals surface area contributed by atoms with E-state index < -0.39 is 17.1 Å². The monoisotopic (exact) mass is 627 g/mol. The molecule has 0 spiro atoms. The van der Waals surface area contributed by atoms with Crippen LogP contribution < -0.4 is 20.3 Å². The SMILES string of the molecule is COc1cccc(/C=C(/NC(=O)c2ccccc2)C(=O)Nc2cccc(SC(C)C(=O)N(c3ccccc3)c3ccccc3)c2)c1. The summed E-state index contributed by atoms with van der Waals surface area (Å²) in [6.45, 7) is 1.87. The average Bonchev–Trinajstić information content (AvgIpc) is 3.09. The summed E-state index contributed by atoms with van der Waals surface area (Å²) >= 11 is 1.39. The van der Waals surface area contributed by atoms with Crippen molar-refractivity contribution in [1.29, 1.82) is 0 Å². The first-order chi connectivity index (χ1) is 22.4. The van der Waals surface area contributed by atoms with Gasteiger partial charge in [-0.25, -0.2) is 0 Å². The van der Waals surface area contributed by atoms with E-state index in [4.69, 9.17) is 4.74 Å². The molecule has 0 saturated heterocycles. The minimum Gasteiger partial charge on any atom is -0.497 e. The predicted octanol–water partition coefficient (Wildman–Crippen LogP) is 7.95. The third-order valence-electron chi connectivity index (χ3n) is 6.94. The van der Waals surface area contributed by atoms with E-state index >= 15 is 0 Å². The topological polar surface area (TPSA) is 87.7 Å². The number of benzene rings is 5. The fourth-order valence-electron chi connectivity index (χ4n) is 4.68. The minimum atomic E-state index is -0.502. The van der Waals surface area contributed by atoms with Gasteiger partial charge in [-0.2, -0.15) is 0 Å². The van der Waals surface area contributed by atoms with E-state index in [0.717, 1.165) is 16.3 Å². The highest BCUT2D eigenvalue weighted by Gasteiger charge is 2.24. The number of anilines is 3. The molecule has 0 aliphatic heterocycles. The molecule has 3 amide bonds. The van der Waals surface area contributed by atoms with Crippen molar-refractivity contribution in [2.45, 2.75) is 17.1 Å². The van der Waals surface area contributed by atoms with Crippen LogP contribution in [0, 0.1) is 0 Å². The normalized spacial score (nSPS) is 11.7. The van der Waals surface area contributed by atoms with E-state index in [9.17, 15) is 14.4 Å². The molecule has 1 atom stereocenters. The van der Waals surface area contributed by atoms with Crippen LogP contribution in [0.15, 0.2) is 150 Å². The van der Waals surface area contributed by atoms with Gasteiger partial charge in [0, 0.05) is 27.5 Å². The van der Waals surface area contributed by atoms with Gasteiger partial charge in [-0.3, -0.25) is 19.3 Å². The predicted molar refractivity (Wildman–Crippen MR) is 185 cm³/mol. The summed E-state index contributed by atoms with van der Waals surface area (Å²) in [6, 6.07) is 42.2. The molecule has 1 unspecified atom stereocenters. The molecular formula is C38H33N3O4S. The molecule has 0 bridgehead atoms. The van der Waals surface area contributed by atoms with Crippen molar-refractivity contribution >= 4 is 52.6 Å². The Labute approximate surface area is 272 Å². The van der Waals surface area contributed by atoms with Crippen LogP contribution in [0.2, 0.25) is 0 Å². The molecule has 5 aromatic carbocycles. The Morgan fingerprint density at radius 2 is 1.35 bits per heavy atom. The zero-order valence-electron chi connectivity index (χ0n) is 25.4. The van der Waals surface area contributed by atoms with Gasteiger partial charge in [0.05, 0.1) is 12.4 Å². The zero-order chi connectivity index (χ0) is 32.3. The summed E-state index contributed by atoms with van der Waals surface area (Å²) in [5, 5.41) is 5.22. The second-order valence-electron chi connectivity index (χ2n) is 10.2. The highest BCUT2D eigenvalue weighted by atomic mass is 32.2. The van der Waals surface area contributed by atoms with Crippen molar-refractivity contribution in [1.82, 2.24) is 5.32 Å². The number of hydrogen-bond acceptors (Lipinski definition) is 5. The number of methoxy groups -OCH3 is 1. The highest BCUT2D eigenvalue weighted by Crippen LogP contribution is 2.32. The number of carbonyl (C=O) groups excluding carboxylic acids is 3. The van der Waals surface area contributed by atoms with E-state index in [1.54, 1.807) is 66.6 Å². The molecule has 0 aliphatic rings. The summed E-state index contributed by atoms with van der Waals surface area (Å²) in [5.74, 6) is -0.376. The Morgan fingerprint density at radius 1 is 0.739 bits per heavy atom. The maximum atomic E-state index is 13.8. The van der Waals surface area contributed by atoms with Crippen LogP contribution in [0.5, 0.6) is 5.75 Å². The van der Waals surface area contributed by atoms with Gasteiger partial charge in [0.25, 0.3) is 11.8 Å². The molecule has 0 heterocycles. The molecule has 0 saturated carbocycles. The molecule has 5 rings (SSSR count). The van der Waals surface area contributed by atoms with Gasteiger partial charge in [-0.15, -0.1) is 11.8 Å². The zero-order valence-corrected chi connectivity index (χ0v) is 26.2. The van der Waals surface area contributed by atoms with Gasteiger partial charge in [-0.05, 0) is 85.3 Å². The molecule has 8 heteroatoms. The first kappa shape index (κ1) is 31.8. The fraction of sp³-hybridized carbons (Fsp3) is 0.0789. The van der Waals surface area contributed by atoms with E-state index in [-0.39, 0.29) is 11.6 Å². The van der Waals surface area contributed by atoms with Gasteiger partial charge < -0.3 is 15.4 Å². The smallest absolute Gasteiger partial charge is 0.272 e. The summed E-state index contributed by atoms with van der Waals surface area (Å²) in [5.41, 5.74) is 3.23. The lowest BCUT2D eigenvalue weighted by atomic mass is 10.1. The lowest BCUT2D eigenvalue weighted by Gasteiger charge is -2.26. The number of hydrogen-bond donors (Lipinski definition) is 2. The molecular weight excluding hydrogens is 595 g/mol. The third-order valence-corrected chi connectivity index (χ3v) is 8.02. The number of para-hydroxylation sites is 2. The molecule has 0 radical (unpaired) electrons. The van der Waals surface area contributed by atoms with E-state index in [1.807, 2.05) is 97.9 Å². The van der Waals surface area contributed by atoms with Crippen LogP contribution in [-0.4, -0.2) is 30.1 Å². The lowest BCUT2D eigenvalue weighted by molar-refractivity contribution is -0.117. The minimum absolute atomic E-state index is 0.0603. The van der Waals surface area contributed by atoms with Crippen LogP contribution in [0.1, 0.15) is 22.8 Å². The number of carbonyl (C=O) groups is 3. The van der Waals surface area contributed by atoms with Crippen molar-refractivity contribution in [2.75, 3.05) is 17.3 Å². The van der Waals surface area contributed by atoms with Crippen molar-refractivity contribution < 1.29 is 19.1 Å². The van der Waals surface area contributed by atoms with Gasteiger partial charge in [0.15, 0.2) is 0 Å². The van der Waals surface area contributed by atoms with Crippen molar-refractivity contribution in [3.63, 3.8) is 0 Å². The maximum absolute atomic E-state index is 13.8. The molecule has 230 valence electrons. The fourth-order valence-corrected chi connectivity index (χ4v) is 5.65. The summed E-state index contributed by atoms with van der Waals surface area (Å²) < 4.78 is 5.32. The van der Waals surface area contributed by atoms with Crippen LogP contribution in [0.25, 0.3) is 6.08 Å². The molecule has 0 aliphatic carbocycles. The number of nitrogens with one attached hydrogen (secondary N) is 2. The number of ether oxygens (including phenoxy) is 1. The van der Waals surface area contributed by atoms with Gasteiger partial charge in [-0.1, -0.05) is 72.8 Å². The average molecular weight is 628 g/mol. The van der Waals surface area contributed by atoms with Gasteiger partial charge in [0.2, 0.25) is 5.91 Å². The molecule has 0 aromatic heterocycles. The Morgan fingerprint density at radius 3 is 1.98 bits per heavy atom. The standard InChI is InChI=1S/C38H33N3O4S/c1-27(38(44)41(31-18-8-4-9-19-31)32-20-10-5-11-21-32)46-34-23-13-17-30(26-34)39-37(43)35(25-28-14-12-22-33(24-28)45-2)40-36(42)29-15-6-3-7-16-29/h3-27H,1-2H3,(H,39,43)(H,40,42)/b35-25+. The van der Waals surface area contributed by atoms with Crippen LogP contribution in [0.4, 0.5) is 17.1 Å². The number of rotatable bonds is 11. The molecule has 5 aromatic rings. The van der Waals surface area contributed by atoms with E-state index in [1.165, 1.54) is 11.8 Å². The molecule has 46 heavy (non-hydrogen) atoms. The summed E-state index contributed by atoms with van der Waals surface area (Å²) in [4.78, 5) is 43.0. The van der Waals surface area contributed by atoms with Crippen molar-refractivity contribution in [2.24, 2.45) is 0 Å².